The Morgan fingerprint density at radius 1 is 0.833 bits per heavy atom. The van der Waals surface area contributed by atoms with Gasteiger partial charge in [-0.3, -0.25) is 9.59 Å². The number of aryl methyl sites for hydroxylation is 1. The molecule has 0 aliphatic heterocycles. The molecule has 2 aromatic carbocycles. The van der Waals surface area contributed by atoms with Crippen molar-refractivity contribution in [1.29, 1.82) is 0 Å². The van der Waals surface area contributed by atoms with E-state index in [1.165, 1.54) is 0 Å². The lowest BCUT2D eigenvalue weighted by atomic mass is 9.96. The van der Waals surface area contributed by atoms with Gasteiger partial charge < -0.3 is 0 Å². The number of benzene rings is 2. The van der Waals surface area contributed by atoms with Crippen LogP contribution in [-0.4, -0.2) is 11.6 Å². The summed E-state index contributed by atoms with van der Waals surface area (Å²) in [6.45, 7) is 1.97. The van der Waals surface area contributed by atoms with Gasteiger partial charge in [-0.1, -0.05) is 61.5 Å². The Morgan fingerprint density at radius 3 is 2.11 bits per heavy atom. The minimum atomic E-state index is -0.448. The standard InChI is InChI=1S/C16H14O2/c1-2-12-8-6-7-11-14(12)16(18)15(17)13-9-4-3-5-10-13/h3-11H,2H2,1H3. The van der Waals surface area contributed by atoms with Crippen LogP contribution in [0.1, 0.15) is 33.2 Å². The first-order valence-corrected chi connectivity index (χ1v) is 5.96. The van der Waals surface area contributed by atoms with Crippen LogP contribution in [0.25, 0.3) is 0 Å². The van der Waals surface area contributed by atoms with Crippen LogP contribution in [0.5, 0.6) is 0 Å². The molecule has 2 rings (SSSR count). The predicted octanol–water partition coefficient (Wildman–Crippen LogP) is 3.31. The minimum Gasteiger partial charge on any atom is -0.285 e. The fourth-order valence-corrected chi connectivity index (χ4v) is 1.89. The van der Waals surface area contributed by atoms with Crippen molar-refractivity contribution < 1.29 is 9.59 Å². The van der Waals surface area contributed by atoms with Gasteiger partial charge in [0.1, 0.15) is 0 Å². The van der Waals surface area contributed by atoms with Gasteiger partial charge in [0.05, 0.1) is 0 Å². The van der Waals surface area contributed by atoms with Crippen molar-refractivity contribution in [2.45, 2.75) is 13.3 Å². The number of hydrogen-bond acceptors (Lipinski definition) is 2. The lowest BCUT2D eigenvalue weighted by Crippen LogP contribution is -2.16. The topological polar surface area (TPSA) is 34.1 Å². The summed E-state index contributed by atoms with van der Waals surface area (Å²) in [6, 6.07) is 15.9. The number of Topliss-reactive ketones (excluding diaryl/α,β-unsaturated/α-hetero) is 2. The van der Waals surface area contributed by atoms with E-state index in [1.807, 2.05) is 25.1 Å². The fraction of sp³-hybridized carbons (Fsp3) is 0.125. The highest BCUT2D eigenvalue weighted by molar-refractivity contribution is 6.49. The minimum absolute atomic E-state index is 0.432. The number of ketones is 2. The molecule has 0 radical (unpaired) electrons. The zero-order valence-corrected chi connectivity index (χ0v) is 10.2. The molecule has 0 heterocycles. The average Bonchev–Trinajstić information content (AvgIpc) is 2.46. The van der Waals surface area contributed by atoms with Gasteiger partial charge in [0.15, 0.2) is 0 Å². The van der Waals surface area contributed by atoms with Crippen molar-refractivity contribution in [2.75, 3.05) is 0 Å². The monoisotopic (exact) mass is 238 g/mol. The van der Waals surface area contributed by atoms with Crippen molar-refractivity contribution in [3.63, 3.8) is 0 Å². The molecule has 0 unspecified atom stereocenters. The molecule has 0 aliphatic rings. The molecule has 2 aromatic rings. The van der Waals surface area contributed by atoms with Crippen LogP contribution >= 0.6 is 0 Å². The average molecular weight is 238 g/mol. The molecule has 90 valence electrons. The first-order valence-electron chi connectivity index (χ1n) is 5.96. The first-order chi connectivity index (χ1) is 8.74. The third-order valence-corrected chi connectivity index (χ3v) is 2.89. The van der Waals surface area contributed by atoms with Crippen molar-refractivity contribution in [2.24, 2.45) is 0 Å². The molecular formula is C16H14O2. The van der Waals surface area contributed by atoms with Crippen LogP contribution in [0.15, 0.2) is 54.6 Å². The first kappa shape index (κ1) is 12.2. The van der Waals surface area contributed by atoms with E-state index in [-0.39, 0.29) is 0 Å². The Hall–Kier alpha value is -2.22. The molecular weight excluding hydrogens is 224 g/mol. The van der Waals surface area contributed by atoms with E-state index in [1.54, 1.807) is 36.4 Å². The third-order valence-electron chi connectivity index (χ3n) is 2.89. The Kier molecular flexibility index (Phi) is 3.68. The second-order valence-corrected chi connectivity index (χ2v) is 4.03. The van der Waals surface area contributed by atoms with E-state index in [9.17, 15) is 9.59 Å². The summed E-state index contributed by atoms with van der Waals surface area (Å²) < 4.78 is 0. The van der Waals surface area contributed by atoms with E-state index in [4.69, 9.17) is 0 Å². The normalized spacial score (nSPS) is 10.1. The van der Waals surface area contributed by atoms with Crippen LogP contribution in [0.3, 0.4) is 0 Å². The zero-order chi connectivity index (χ0) is 13.0. The van der Waals surface area contributed by atoms with Crippen LogP contribution < -0.4 is 0 Å². The Labute approximate surface area is 106 Å². The molecule has 0 atom stereocenters. The summed E-state index contributed by atoms with van der Waals surface area (Å²) in [5.74, 6) is -0.879. The second-order valence-electron chi connectivity index (χ2n) is 4.03. The maximum Gasteiger partial charge on any atom is 0.233 e. The molecule has 2 heteroatoms. The van der Waals surface area contributed by atoms with E-state index in [0.717, 1.165) is 12.0 Å². The third kappa shape index (κ3) is 2.38. The summed E-state index contributed by atoms with van der Waals surface area (Å²) in [4.78, 5) is 24.2. The van der Waals surface area contributed by atoms with Gasteiger partial charge in [-0.15, -0.1) is 0 Å². The number of rotatable bonds is 4. The highest BCUT2D eigenvalue weighted by Crippen LogP contribution is 2.13. The van der Waals surface area contributed by atoms with Crippen LogP contribution in [0, 0.1) is 0 Å². The molecule has 0 amide bonds. The maximum absolute atomic E-state index is 12.2. The molecule has 0 saturated heterocycles. The molecule has 0 spiro atoms. The number of carbonyl (C=O) groups excluding carboxylic acids is 2. The molecule has 0 bridgehead atoms. The number of carbonyl (C=O) groups is 2. The summed E-state index contributed by atoms with van der Waals surface area (Å²) in [5.41, 5.74) is 1.86. The van der Waals surface area contributed by atoms with Crippen molar-refractivity contribution >= 4 is 11.6 Å². The SMILES string of the molecule is CCc1ccccc1C(=O)C(=O)c1ccccc1. The van der Waals surface area contributed by atoms with Crippen molar-refractivity contribution in [3.8, 4) is 0 Å². The van der Waals surface area contributed by atoms with Gasteiger partial charge in [-0.25, -0.2) is 0 Å². The fourth-order valence-electron chi connectivity index (χ4n) is 1.89. The molecule has 0 aromatic heterocycles. The van der Waals surface area contributed by atoms with Gasteiger partial charge >= 0.3 is 0 Å². The molecule has 0 aliphatic carbocycles. The summed E-state index contributed by atoms with van der Waals surface area (Å²) in [6.07, 6.45) is 0.740. The molecule has 2 nitrogen and oxygen atoms in total. The van der Waals surface area contributed by atoms with E-state index in [2.05, 4.69) is 0 Å². The zero-order valence-electron chi connectivity index (χ0n) is 10.2. The highest BCUT2D eigenvalue weighted by atomic mass is 16.2. The van der Waals surface area contributed by atoms with Gasteiger partial charge in [0, 0.05) is 11.1 Å². The van der Waals surface area contributed by atoms with Gasteiger partial charge in [-0.2, -0.15) is 0 Å². The van der Waals surface area contributed by atoms with Crippen LogP contribution in [-0.2, 0) is 6.42 Å². The van der Waals surface area contributed by atoms with Gasteiger partial charge in [-0.05, 0) is 12.0 Å². The molecule has 0 N–H and O–H groups in total. The quantitative estimate of drug-likeness (QED) is 0.605. The second kappa shape index (κ2) is 5.41. The van der Waals surface area contributed by atoms with Crippen LogP contribution in [0.2, 0.25) is 0 Å². The Balaban J connectivity index is 2.35. The van der Waals surface area contributed by atoms with E-state index < -0.39 is 11.6 Å². The van der Waals surface area contributed by atoms with Gasteiger partial charge in [0.2, 0.25) is 11.6 Å². The van der Waals surface area contributed by atoms with Crippen LogP contribution in [0.4, 0.5) is 0 Å². The maximum atomic E-state index is 12.2. The predicted molar refractivity (Wildman–Crippen MR) is 70.9 cm³/mol. The van der Waals surface area contributed by atoms with Crippen molar-refractivity contribution in [1.82, 2.24) is 0 Å². The lowest BCUT2D eigenvalue weighted by molar-refractivity contribution is 0.0816. The largest absolute Gasteiger partial charge is 0.285 e. The number of hydrogen-bond donors (Lipinski definition) is 0. The Morgan fingerprint density at radius 2 is 1.44 bits per heavy atom. The summed E-state index contributed by atoms with van der Waals surface area (Å²) in [5, 5.41) is 0. The van der Waals surface area contributed by atoms with E-state index in [0.29, 0.717) is 11.1 Å². The lowest BCUT2D eigenvalue weighted by Gasteiger charge is -2.05. The molecule has 0 saturated carbocycles. The van der Waals surface area contributed by atoms with Gasteiger partial charge in [0.25, 0.3) is 0 Å². The Bertz CT molecular complexity index is 571. The van der Waals surface area contributed by atoms with E-state index >= 15 is 0 Å². The molecule has 18 heavy (non-hydrogen) atoms. The molecule has 0 fully saturated rings. The summed E-state index contributed by atoms with van der Waals surface area (Å²) >= 11 is 0. The smallest absolute Gasteiger partial charge is 0.233 e. The van der Waals surface area contributed by atoms with Crippen molar-refractivity contribution in [3.05, 3.63) is 71.3 Å². The summed E-state index contributed by atoms with van der Waals surface area (Å²) in [7, 11) is 0. The highest BCUT2D eigenvalue weighted by Gasteiger charge is 2.19.